The zero-order chi connectivity index (χ0) is 10.7. The van der Waals surface area contributed by atoms with E-state index in [1.165, 1.54) is 5.56 Å². The van der Waals surface area contributed by atoms with Gasteiger partial charge in [-0.05, 0) is 24.5 Å². The van der Waals surface area contributed by atoms with Crippen molar-refractivity contribution < 1.29 is 10.2 Å². The van der Waals surface area contributed by atoms with Gasteiger partial charge < -0.3 is 15.1 Å². The molecule has 0 aromatic heterocycles. The number of nitrogens with zero attached hydrogens (tertiary/aromatic N) is 1. The number of hydrogen-bond donors (Lipinski definition) is 2. The van der Waals surface area contributed by atoms with Crippen molar-refractivity contribution in [2.75, 3.05) is 24.7 Å². The van der Waals surface area contributed by atoms with Crippen molar-refractivity contribution in [1.29, 1.82) is 0 Å². The van der Waals surface area contributed by atoms with E-state index in [1.54, 1.807) is 0 Å². The molecule has 2 N–H and O–H groups in total. The number of aliphatic hydroxyl groups excluding tert-OH is 2. The van der Waals surface area contributed by atoms with Crippen molar-refractivity contribution in [3.05, 3.63) is 29.8 Å². The maximum Gasteiger partial charge on any atom is 0.0751 e. The Hall–Kier alpha value is -1.06. The molecule has 0 saturated carbocycles. The summed E-state index contributed by atoms with van der Waals surface area (Å²) in [6.45, 7) is 0.929. The summed E-state index contributed by atoms with van der Waals surface area (Å²) in [6.07, 6.45) is 2.18. The average Bonchev–Trinajstić information content (AvgIpc) is 2.31. The van der Waals surface area contributed by atoms with E-state index in [2.05, 4.69) is 17.0 Å². The summed E-state index contributed by atoms with van der Waals surface area (Å²) in [5, 5.41) is 18.4. The van der Waals surface area contributed by atoms with E-state index < -0.39 is 0 Å². The minimum absolute atomic E-state index is 0.00480. The number of benzene rings is 1. The molecule has 2 rings (SSSR count). The van der Waals surface area contributed by atoms with Gasteiger partial charge in [-0.1, -0.05) is 18.2 Å². The monoisotopic (exact) mass is 207 g/mol. The van der Waals surface area contributed by atoms with Gasteiger partial charge in [-0.15, -0.1) is 0 Å². The topological polar surface area (TPSA) is 43.7 Å². The largest absolute Gasteiger partial charge is 0.394 e. The van der Waals surface area contributed by atoms with E-state index in [4.69, 9.17) is 0 Å². The van der Waals surface area contributed by atoms with Crippen molar-refractivity contribution >= 4 is 5.69 Å². The van der Waals surface area contributed by atoms with Crippen molar-refractivity contribution in [2.45, 2.75) is 18.9 Å². The first-order valence-corrected chi connectivity index (χ1v) is 5.43. The van der Waals surface area contributed by atoms with E-state index in [0.717, 1.165) is 25.1 Å². The fourth-order valence-corrected chi connectivity index (χ4v) is 2.20. The lowest BCUT2D eigenvalue weighted by Gasteiger charge is -2.36. The van der Waals surface area contributed by atoms with E-state index in [0.29, 0.717) is 0 Å². The third-order valence-electron chi connectivity index (χ3n) is 3.01. The van der Waals surface area contributed by atoms with Gasteiger partial charge in [-0.3, -0.25) is 0 Å². The van der Waals surface area contributed by atoms with Crippen molar-refractivity contribution in [3.63, 3.8) is 0 Å². The van der Waals surface area contributed by atoms with E-state index in [9.17, 15) is 10.2 Å². The lowest BCUT2D eigenvalue weighted by Crippen LogP contribution is -2.43. The first kappa shape index (κ1) is 10.5. The molecule has 0 fully saturated rings. The highest BCUT2D eigenvalue weighted by Crippen LogP contribution is 2.28. The summed E-state index contributed by atoms with van der Waals surface area (Å²) in [5.74, 6) is 0. The molecule has 1 aliphatic heterocycles. The minimum atomic E-state index is -0.161. The van der Waals surface area contributed by atoms with Crippen LogP contribution in [0.4, 0.5) is 5.69 Å². The average molecular weight is 207 g/mol. The first-order valence-electron chi connectivity index (χ1n) is 5.43. The molecule has 0 radical (unpaired) electrons. The molecule has 1 aliphatic rings. The van der Waals surface area contributed by atoms with Crippen LogP contribution >= 0.6 is 0 Å². The molecule has 1 aromatic rings. The zero-order valence-electron chi connectivity index (χ0n) is 8.76. The fourth-order valence-electron chi connectivity index (χ4n) is 2.20. The van der Waals surface area contributed by atoms with Gasteiger partial charge in [0.2, 0.25) is 0 Å². The number of para-hydroxylation sites is 1. The van der Waals surface area contributed by atoms with E-state index in [-0.39, 0.29) is 19.3 Å². The van der Waals surface area contributed by atoms with Crippen LogP contribution in [0.5, 0.6) is 0 Å². The Balaban J connectivity index is 2.28. The lowest BCUT2D eigenvalue weighted by atomic mass is 10.0. The molecule has 0 amide bonds. The molecule has 1 heterocycles. The maximum atomic E-state index is 9.20. The van der Waals surface area contributed by atoms with Gasteiger partial charge in [0.15, 0.2) is 0 Å². The molecule has 0 unspecified atom stereocenters. The summed E-state index contributed by atoms with van der Waals surface area (Å²) < 4.78 is 0. The first-order chi connectivity index (χ1) is 7.36. The van der Waals surface area contributed by atoms with Crippen LogP contribution in [-0.2, 0) is 6.42 Å². The Labute approximate surface area is 90.0 Å². The van der Waals surface area contributed by atoms with Crippen LogP contribution in [-0.4, -0.2) is 36.0 Å². The SMILES string of the molecule is OCC(CO)N1CCCc2ccccc21. The summed E-state index contributed by atoms with van der Waals surface area (Å²) in [6, 6.07) is 8.06. The molecule has 3 nitrogen and oxygen atoms in total. The number of aliphatic hydroxyl groups is 2. The Morgan fingerprint density at radius 3 is 2.67 bits per heavy atom. The number of rotatable bonds is 3. The van der Waals surface area contributed by atoms with Crippen molar-refractivity contribution in [3.8, 4) is 0 Å². The second kappa shape index (κ2) is 4.64. The maximum absolute atomic E-state index is 9.20. The molecule has 3 heteroatoms. The van der Waals surface area contributed by atoms with Crippen molar-refractivity contribution in [2.24, 2.45) is 0 Å². The summed E-state index contributed by atoms with van der Waals surface area (Å²) in [7, 11) is 0. The normalized spacial score (nSPS) is 15.5. The highest BCUT2D eigenvalue weighted by molar-refractivity contribution is 5.56. The van der Waals surface area contributed by atoms with Gasteiger partial charge in [0.05, 0.1) is 19.3 Å². The van der Waals surface area contributed by atoms with Crippen molar-refractivity contribution in [1.82, 2.24) is 0 Å². The number of hydrogen-bond acceptors (Lipinski definition) is 3. The molecule has 0 saturated heterocycles. The third-order valence-corrected chi connectivity index (χ3v) is 3.01. The molecule has 1 aromatic carbocycles. The van der Waals surface area contributed by atoms with E-state index >= 15 is 0 Å². The van der Waals surface area contributed by atoms with Crippen LogP contribution in [0.2, 0.25) is 0 Å². The van der Waals surface area contributed by atoms with Crippen LogP contribution < -0.4 is 4.90 Å². The third kappa shape index (κ3) is 1.98. The highest BCUT2D eigenvalue weighted by atomic mass is 16.3. The molecular formula is C12H17NO2. The second-order valence-corrected chi connectivity index (χ2v) is 3.94. The van der Waals surface area contributed by atoms with Gasteiger partial charge in [0.25, 0.3) is 0 Å². The molecule has 0 spiro atoms. The number of aryl methyl sites for hydroxylation is 1. The zero-order valence-corrected chi connectivity index (χ0v) is 8.76. The number of anilines is 1. The minimum Gasteiger partial charge on any atom is -0.394 e. The quantitative estimate of drug-likeness (QED) is 0.770. The molecule has 0 atom stereocenters. The second-order valence-electron chi connectivity index (χ2n) is 3.94. The molecule has 0 aliphatic carbocycles. The van der Waals surface area contributed by atoms with Gasteiger partial charge in [0.1, 0.15) is 0 Å². The van der Waals surface area contributed by atoms with Gasteiger partial charge >= 0.3 is 0 Å². The standard InChI is InChI=1S/C12H17NO2/c14-8-11(9-15)13-7-3-5-10-4-1-2-6-12(10)13/h1-2,4,6,11,14-15H,3,5,7-9H2. The summed E-state index contributed by atoms with van der Waals surface area (Å²) >= 11 is 0. The van der Waals surface area contributed by atoms with E-state index in [1.807, 2.05) is 12.1 Å². The van der Waals surface area contributed by atoms with Gasteiger partial charge in [0, 0.05) is 12.2 Å². The lowest BCUT2D eigenvalue weighted by molar-refractivity contribution is 0.186. The highest BCUT2D eigenvalue weighted by Gasteiger charge is 2.22. The Kier molecular flexibility index (Phi) is 3.23. The van der Waals surface area contributed by atoms with Gasteiger partial charge in [-0.25, -0.2) is 0 Å². The van der Waals surface area contributed by atoms with Gasteiger partial charge in [-0.2, -0.15) is 0 Å². The smallest absolute Gasteiger partial charge is 0.0751 e. The predicted molar refractivity (Wildman–Crippen MR) is 60.1 cm³/mol. The Morgan fingerprint density at radius 2 is 1.93 bits per heavy atom. The number of fused-ring (bicyclic) bond motifs is 1. The van der Waals surface area contributed by atoms with Crippen LogP contribution in [0.1, 0.15) is 12.0 Å². The van der Waals surface area contributed by atoms with Crippen LogP contribution in [0, 0.1) is 0 Å². The Bertz CT molecular complexity index is 323. The fraction of sp³-hybridized carbons (Fsp3) is 0.500. The van der Waals surface area contributed by atoms with Crippen LogP contribution in [0.25, 0.3) is 0 Å². The van der Waals surface area contributed by atoms with Crippen LogP contribution in [0.3, 0.4) is 0 Å². The molecule has 82 valence electrons. The predicted octanol–water partition coefficient (Wildman–Crippen LogP) is 0.792. The summed E-state index contributed by atoms with van der Waals surface area (Å²) in [4.78, 5) is 2.11. The van der Waals surface area contributed by atoms with Crippen LogP contribution in [0.15, 0.2) is 24.3 Å². The summed E-state index contributed by atoms with van der Waals surface area (Å²) in [5.41, 5.74) is 2.48. The molecule has 15 heavy (non-hydrogen) atoms. The Morgan fingerprint density at radius 1 is 1.20 bits per heavy atom. The molecule has 0 bridgehead atoms. The molecular weight excluding hydrogens is 190 g/mol.